The van der Waals surface area contributed by atoms with E-state index < -0.39 is 5.76 Å². The Hall–Kier alpha value is -0.360. The monoisotopic (exact) mass is 269 g/mol. The fraction of sp³-hybridized carbons (Fsp3) is 0.286. The molecule has 6 heteroatoms. The minimum atomic E-state index is -2.44. The molecule has 1 heterocycles. The van der Waals surface area contributed by atoms with Crippen molar-refractivity contribution >= 4 is 27.7 Å². The van der Waals surface area contributed by atoms with Crippen LogP contribution in [0.5, 0.6) is 5.88 Å². The summed E-state index contributed by atoms with van der Waals surface area (Å²) in [6, 6.07) is 1.46. The first-order valence-electron chi connectivity index (χ1n) is 3.28. The van der Waals surface area contributed by atoms with Crippen molar-refractivity contribution in [1.82, 2.24) is 4.98 Å². The van der Waals surface area contributed by atoms with Crippen LogP contribution in [0.15, 0.2) is 21.6 Å². The summed E-state index contributed by atoms with van der Waals surface area (Å²) in [5.41, 5.74) is 0. The van der Waals surface area contributed by atoms with Crippen LogP contribution >= 0.6 is 27.7 Å². The second-order valence-corrected chi connectivity index (χ2v) is 3.92. The molecule has 1 rings (SSSR count). The molecule has 0 aliphatic heterocycles. The van der Waals surface area contributed by atoms with Crippen molar-refractivity contribution in [2.45, 2.75) is 10.7 Å². The molecule has 1 aromatic heterocycles. The van der Waals surface area contributed by atoms with Gasteiger partial charge in [-0.05, 0) is 15.9 Å². The van der Waals surface area contributed by atoms with Crippen LogP contribution in [0.2, 0.25) is 0 Å². The molecule has 0 unspecified atom stereocenters. The van der Waals surface area contributed by atoms with Gasteiger partial charge in [0, 0.05) is 21.6 Å². The molecule has 0 saturated heterocycles. The van der Waals surface area contributed by atoms with E-state index in [1.165, 1.54) is 19.4 Å². The quantitative estimate of drug-likeness (QED) is 0.787. The fourth-order valence-electron chi connectivity index (χ4n) is 0.700. The van der Waals surface area contributed by atoms with Gasteiger partial charge >= 0.3 is 0 Å². The Morgan fingerprint density at radius 3 is 2.85 bits per heavy atom. The predicted octanol–water partition coefficient (Wildman–Crippen LogP) is 3.17. The molecule has 0 atom stereocenters. The van der Waals surface area contributed by atoms with Gasteiger partial charge < -0.3 is 4.74 Å². The van der Waals surface area contributed by atoms with E-state index in [0.29, 0.717) is 27.0 Å². The lowest BCUT2D eigenvalue weighted by Crippen LogP contribution is -1.89. The summed E-state index contributed by atoms with van der Waals surface area (Å²) in [6.07, 6.45) is 1.43. The van der Waals surface area contributed by atoms with Crippen molar-refractivity contribution < 1.29 is 13.5 Å². The number of hydrogen-bond acceptors (Lipinski definition) is 3. The van der Waals surface area contributed by atoms with Crippen molar-refractivity contribution in [2.24, 2.45) is 0 Å². The minimum absolute atomic E-state index is 0.325. The highest BCUT2D eigenvalue weighted by atomic mass is 79.9. The van der Waals surface area contributed by atoms with Crippen LogP contribution in [0.4, 0.5) is 8.78 Å². The zero-order valence-electron chi connectivity index (χ0n) is 6.63. The molecule has 0 aliphatic rings. The summed E-state index contributed by atoms with van der Waals surface area (Å²) in [5, 5.41) is 0. The third-order valence-corrected chi connectivity index (χ3v) is 2.88. The zero-order valence-corrected chi connectivity index (χ0v) is 9.03. The van der Waals surface area contributed by atoms with Crippen molar-refractivity contribution in [3.63, 3.8) is 0 Å². The molecule has 0 saturated carbocycles. The van der Waals surface area contributed by atoms with E-state index in [1.54, 1.807) is 0 Å². The van der Waals surface area contributed by atoms with Crippen LogP contribution in [-0.4, -0.2) is 17.9 Å². The lowest BCUT2D eigenvalue weighted by Gasteiger charge is -2.04. The van der Waals surface area contributed by atoms with Gasteiger partial charge in [-0.3, -0.25) is 0 Å². The number of nitrogens with zero attached hydrogens (tertiary/aromatic N) is 1. The number of ether oxygens (including phenoxy) is 1. The largest absolute Gasteiger partial charge is 0.481 e. The molecule has 0 radical (unpaired) electrons. The zero-order chi connectivity index (χ0) is 9.84. The fourth-order valence-corrected chi connectivity index (χ4v) is 1.72. The molecular formula is C7H6BrF2NOS. The summed E-state index contributed by atoms with van der Waals surface area (Å²) in [5.74, 6) is -2.12. The Morgan fingerprint density at radius 2 is 2.31 bits per heavy atom. The number of aromatic nitrogens is 1. The Bertz CT molecular complexity index is 298. The highest BCUT2D eigenvalue weighted by molar-refractivity contribution is 9.10. The van der Waals surface area contributed by atoms with Crippen molar-refractivity contribution in [2.75, 3.05) is 7.11 Å². The molecule has 0 bridgehead atoms. The van der Waals surface area contributed by atoms with Gasteiger partial charge in [-0.25, -0.2) is 4.98 Å². The highest BCUT2D eigenvalue weighted by Crippen LogP contribution is 2.33. The van der Waals surface area contributed by atoms with Gasteiger partial charge in [-0.2, -0.15) is 8.78 Å². The number of thioether (sulfide) groups is 1. The van der Waals surface area contributed by atoms with E-state index in [2.05, 4.69) is 20.9 Å². The molecular weight excluding hydrogens is 264 g/mol. The summed E-state index contributed by atoms with van der Waals surface area (Å²) in [7, 11) is 1.44. The first-order valence-corrected chi connectivity index (χ1v) is 4.95. The molecule has 2 nitrogen and oxygen atoms in total. The topological polar surface area (TPSA) is 22.1 Å². The summed E-state index contributed by atoms with van der Waals surface area (Å²) in [4.78, 5) is 4.26. The van der Waals surface area contributed by atoms with Gasteiger partial charge in [0.2, 0.25) is 5.88 Å². The normalized spacial score (nSPS) is 10.5. The standard InChI is InChI=1S/C7H6BrF2NOS/c1-12-6-2-5(13-7(9)10)4(8)3-11-6/h2-3,7H,1H3. The maximum atomic E-state index is 12.0. The van der Waals surface area contributed by atoms with Crippen LogP contribution in [0.25, 0.3) is 0 Å². The van der Waals surface area contributed by atoms with Crippen molar-refractivity contribution in [3.8, 4) is 5.88 Å². The molecule has 0 aromatic carbocycles. The van der Waals surface area contributed by atoms with Crippen LogP contribution in [0.3, 0.4) is 0 Å². The van der Waals surface area contributed by atoms with E-state index in [-0.39, 0.29) is 0 Å². The summed E-state index contributed by atoms with van der Waals surface area (Å²) >= 11 is 3.57. The van der Waals surface area contributed by atoms with Crippen molar-refractivity contribution in [1.29, 1.82) is 0 Å². The molecule has 0 spiro atoms. The smallest absolute Gasteiger partial charge is 0.288 e. The van der Waals surface area contributed by atoms with Gasteiger partial charge in [0.25, 0.3) is 5.76 Å². The third-order valence-electron chi connectivity index (χ3n) is 1.22. The van der Waals surface area contributed by atoms with E-state index in [4.69, 9.17) is 4.74 Å². The number of halogens is 3. The molecule has 1 aromatic rings. The number of rotatable bonds is 3. The van der Waals surface area contributed by atoms with E-state index in [1.807, 2.05) is 0 Å². The van der Waals surface area contributed by atoms with Crippen LogP contribution < -0.4 is 4.74 Å². The lowest BCUT2D eigenvalue weighted by atomic mass is 10.5. The van der Waals surface area contributed by atoms with Gasteiger partial charge in [0.1, 0.15) is 0 Å². The lowest BCUT2D eigenvalue weighted by molar-refractivity contribution is 0.252. The Balaban J connectivity index is 2.90. The molecule has 0 amide bonds. The number of hydrogen-bond donors (Lipinski definition) is 0. The maximum Gasteiger partial charge on any atom is 0.288 e. The molecule has 0 N–H and O–H groups in total. The van der Waals surface area contributed by atoms with Gasteiger partial charge in [-0.1, -0.05) is 11.8 Å². The summed E-state index contributed by atoms with van der Waals surface area (Å²) < 4.78 is 29.4. The second-order valence-electron chi connectivity index (χ2n) is 2.04. The summed E-state index contributed by atoms with van der Waals surface area (Å²) in [6.45, 7) is 0. The molecule has 0 fully saturated rings. The average molecular weight is 270 g/mol. The average Bonchev–Trinajstić information content (AvgIpc) is 2.08. The first kappa shape index (κ1) is 10.7. The molecule has 0 aliphatic carbocycles. The molecule has 72 valence electrons. The third kappa shape index (κ3) is 3.11. The van der Waals surface area contributed by atoms with Crippen LogP contribution in [0, 0.1) is 0 Å². The van der Waals surface area contributed by atoms with Gasteiger partial charge in [0.05, 0.1) is 7.11 Å². The van der Waals surface area contributed by atoms with Crippen LogP contribution in [0.1, 0.15) is 0 Å². The van der Waals surface area contributed by atoms with E-state index >= 15 is 0 Å². The molecule has 13 heavy (non-hydrogen) atoms. The minimum Gasteiger partial charge on any atom is -0.481 e. The van der Waals surface area contributed by atoms with E-state index in [0.717, 1.165) is 0 Å². The highest BCUT2D eigenvalue weighted by Gasteiger charge is 2.10. The van der Waals surface area contributed by atoms with Crippen LogP contribution in [-0.2, 0) is 0 Å². The Kier molecular flexibility index (Phi) is 3.92. The first-order chi connectivity index (χ1) is 6.13. The van der Waals surface area contributed by atoms with Gasteiger partial charge in [-0.15, -0.1) is 0 Å². The number of pyridine rings is 1. The van der Waals surface area contributed by atoms with Gasteiger partial charge in [0.15, 0.2) is 0 Å². The maximum absolute atomic E-state index is 12.0. The van der Waals surface area contributed by atoms with Crippen molar-refractivity contribution in [3.05, 3.63) is 16.7 Å². The SMILES string of the molecule is COc1cc(SC(F)F)c(Br)cn1. The predicted molar refractivity (Wildman–Crippen MR) is 50.4 cm³/mol. The van der Waals surface area contributed by atoms with E-state index in [9.17, 15) is 8.78 Å². The number of methoxy groups -OCH3 is 1. The number of alkyl halides is 2. The Labute approximate surface area is 86.8 Å². The second kappa shape index (κ2) is 4.76. The Morgan fingerprint density at radius 1 is 1.62 bits per heavy atom.